The first kappa shape index (κ1) is 58.5. The van der Waals surface area contributed by atoms with Gasteiger partial charge in [0.1, 0.15) is 24.0 Å². The van der Waals surface area contributed by atoms with Crippen LogP contribution < -0.4 is 16.0 Å². The van der Waals surface area contributed by atoms with Crippen LogP contribution in [-0.2, 0) is 38.6 Å². The Morgan fingerprint density at radius 1 is 0.770 bits per heavy atom. The molecule has 0 heterocycles. The van der Waals surface area contributed by atoms with Gasteiger partial charge in [0.15, 0.2) is 5.78 Å². The van der Waals surface area contributed by atoms with Crippen molar-refractivity contribution in [1.29, 1.82) is 0 Å². The Labute approximate surface area is 374 Å². The van der Waals surface area contributed by atoms with Gasteiger partial charge in [0.05, 0.1) is 0 Å². The largest absolute Gasteiger partial charge is 0.374 e. The number of aldehydes is 1. The molecule has 2 amide bonds. The number of ether oxygens (including phenoxy) is 1. The van der Waals surface area contributed by atoms with Crippen molar-refractivity contribution < 1.29 is 32.7 Å². The summed E-state index contributed by atoms with van der Waals surface area (Å²) in [7, 11) is 3.46. The van der Waals surface area contributed by atoms with E-state index in [0.717, 1.165) is 65.7 Å². The van der Waals surface area contributed by atoms with E-state index in [2.05, 4.69) is 64.8 Å². The smallest absolute Gasteiger partial charge is 0.220 e. The van der Waals surface area contributed by atoms with E-state index in [1.54, 1.807) is 6.07 Å². The maximum absolute atomic E-state index is 12.5. The van der Waals surface area contributed by atoms with E-state index in [1.165, 1.54) is 31.2 Å². The number of amides is 2. The number of methoxy groups -OCH3 is 1. The second-order valence-electron chi connectivity index (χ2n) is 13.8. The maximum Gasteiger partial charge on any atom is 0.220 e. The summed E-state index contributed by atoms with van der Waals surface area (Å²) >= 11 is 3.29. The molecular formula is C50H72BrF2N3O5. The number of carbonyl (C=O) groups is 4. The Morgan fingerprint density at radius 2 is 1.33 bits per heavy atom. The van der Waals surface area contributed by atoms with Crippen molar-refractivity contribution in [3.05, 3.63) is 141 Å². The number of Topliss-reactive ketones (excluding diaryl/α,β-unsaturated/α-hetero) is 1. The summed E-state index contributed by atoms with van der Waals surface area (Å²) in [6.45, 7) is 16.2. The van der Waals surface area contributed by atoms with Gasteiger partial charge in [0.25, 0.3) is 0 Å². The predicted octanol–water partition coefficient (Wildman–Crippen LogP) is 11.6. The zero-order valence-electron chi connectivity index (χ0n) is 38.0. The van der Waals surface area contributed by atoms with Crippen LogP contribution >= 0.6 is 15.9 Å². The van der Waals surface area contributed by atoms with Gasteiger partial charge in [-0.3, -0.25) is 19.2 Å². The first-order valence-electron chi connectivity index (χ1n) is 21.3. The Balaban J connectivity index is 0. The number of ketones is 1. The number of hydrogen-bond acceptors (Lipinski definition) is 6. The van der Waals surface area contributed by atoms with Gasteiger partial charge in [0, 0.05) is 55.7 Å². The zero-order chi connectivity index (χ0) is 46.3. The highest BCUT2D eigenvalue weighted by atomic mass is 79.9. The summed E-state index contributed by atoms with van der Waals surface area (Å²) in [6.07, 6.45) is 6.59. The lowest BCUT2D eigenvalue weighted by atomic mass is 9.93. The van der Waals surface area contributed by atoms with Crippen molar-refractivity contribution >= 4 is 40.3 Å². The molecule has 0 saturated carbocycles. The lowest BCUT2D eigenvalue weighted by Gasteiger charge is -2.21. The summed E-state index contributed by atoms with van der Waals surface area (Å²) in [6, 6.07) is 29.2. The maximum atomic E-state index is 12.5. The van der Waals surface area contributed by atoms with Gasteiger partial charge in [0.2, 0.25) is 12.3 Å². The third-order valence-electron chi connectivity index (χ3n) is 8.19. The molecule has 3 N–H and O–H groups in total. The highest BCUT2D eigenvalue weighted by Gasteiger charge is 2.23. The van der Waals surface area contributed by atoms with Crippen LogP contribution in [-0.4, -0.2) is 51.2 Å². The van der Waals surface area contributed by atoms with Crippen molar-refractivity contribution in [1.82, 2.24) is 16.0 Å². The predicted molar refractivity (Wildman–Crippen MR) is 252 cm³/mol. The Kier molecular flexibility index (Phi) is 37.9. The molecule has 4 aromatic rings. The molecule has 8 nitrogen and oxygen atoms in total. The molecule has 0 aliphatic heterocycles. The van der Waals surface area contributed by atoms with Crippen LogP contribution in [0.3, 0.4) is 0 Å². The summed E-state index contributed by atoms with van der Waals surface area (Å²) in [5.41, 5.74) is 4.89. The fourth-order valence-corrected chi connectivity index (χ4v) is 6.17. The third kappa shape index (κ3) is 31.9. The number of hydrogen-bond donors (Lipinski definition) is 3. The standard InChI is InChI=1S/C20H30N2O4.C9H10F2.C8H7BrO.C8H11N.C3H8.C2H6/c1-3-7-17(13-21-15-23)12-19(26-2)18(24)10-11-20(25)22-14-16-8-5-4-6-9-16;1-2-3-7-4-8(10)6-9(11)5-7;1-6-2-7(5-10)4-8(9)3-6;1-9-7-8-5-3-2-4-6-8;1-3-2;1-2/h4-6,8-9,15,17,19H,3,7,10-14H2,1-2H3,(H,21,23)(H,22,25);4-6H,2-3H2,1H3;2-5H,1H3;2-6,9H,7H2,1H3;3H2,1-2H3;1-2H3. The molecule has 11 heteroatoms. The van der Waals surface area contributed by atoms with Crippen LogP contribution in [0, 0.1) is 24.5 Å². The van der Waals surface area contributed by atoms with Crippen LogP contribution in [0.2, 0.25) is 0 Å². The minimum absolute atomic E-state index is 0.0745. The minimum atomic E-state index is -0.540. The van der Waals surface area contributed by atoms with Gasteiger partial charge >= 0.3 is 0 Å². The van der Waals surface area contributed by atoms with E-state index in [0.29, 0.717) is 31.5 Å². The van der Waals surface area contributed by atoms with Gasteiger partial charge in [-0.25, -0.2) is 8.78 Å². The van der Waals surface area contributed by atoms with E-state index in [1.807, 2.05) is 95.4 Å². The van der Waals surface area contributed by atoms with Gasteiger partial charge in [-0.2, -0.15) is 0 Å². The first-order chi connectivity index (χ1) is 29.4. The average Bonchev–Trinajstić information content (AvgIpc) is 3.25. The molecule has 0 spiro atoms. The van der Waals surface area contributed by atoms with Crippen LogP contribution in [0.5, 0.6) is 0 Å². The number of halogens is 3. The number of nitrogens with one attached hydrogen (secondary N) is 3. The van der Waals surface area contributed by atoms with Gasteiger partial charge in [-0.15, -0.1) is 0 Å². The third-order valence-corrected chi connectivity index (χ3v) is 8.65. The molecule has 0 radical (unpaired) electrons. The average molecular weight is 913 g/mol. The SMILES string of the molecule is CC.CCC.CCCC(CNC=O)CC(OC)C(=O)CCC(=O)NCc1ccccc1.CCCc1cc(F)cc(F)c1.CNCc1ccccc1.Cc1cc(Br)cc(C=O)c1. The van der Waals surface area contributed by atoms with Crippen molar-refractivity contribution in [2.45, 2.75) is 119 Å². The summed E-state index contributed by atoms with van der Waals surface area (Å²) in [5.74, 6) is -1.02. The summed E-state index contributed by atoms with van der Waals surface area (Å²) < 4.78 is 31.3. The fourth-order valence-electron chi connectivity index (χ4n) is 5.55. The molecule has 2 unspecified atom stereocenters. The second kappa shape index (κ2) is 39.5. The molecule has 338 valence electrons. The second-order valence-corrected chi connectivity index (χ2v) is 14.7. The highest BCUT2D eigenvalue weighted by Crippen LogP contribution is 2.17. The monoisotopic (exact) mass is 911 g/mol. The molecule has 4 rings (SSSR count). The molecular weight excluding hydrogens is 840 g/mol. The molecule has 0 aliphatic rings. The van der Waals surface area contributed by atoms with Crippen LogP contribution in [0.25, 0.3) is 0 Å². The number of benzene rings is 4. The number of carbonyl (C=O) groups excluding carboxylic acids is 4. The molecule has 0 saturated heterocycles. The molecule has 2 atom stereocenters. The number of aryl methyl sites for hydroxylation is 2. The van der Waals surface area contributed by atoms with Gasteiger partial charge < -0.3 is 20.7 Å². The highest BCUT2D eigenvalue weighted by molar-refractivity contribution is 9.10. The summed E-state index contributed by atoms with van der Waals surface area (Å²) in [5, 5.41) is 8.58. The Hall–Kier alpha value is -4.58. The molecule has 61 heavy (non-hydrogen) atoms. The van der Waals surface area contributed by atoms with Crippen LogP contribution in [0.4, 0.5) is 8.78 Å². The summed E-state index contributed by atoms with van der Waals surface area (Å²) in [4.78, 5) is 45.1. The van der Waals surface area contributed by atoms with Crippen LogP contribution in [0.1, 0.15) is 119 Å². The molecule has 0 bridgehead atoms. The first-order valence-corrected chi connectivity index (χ1v) is 22.1. The lowest BCUT2D eigenvalue weighted by molar-refractivity contribution is -0.132. The van der Waals surface area contributed by atoms with Crippen molar-refractivity contribution in [3.8, 4) is 0 Å². The van der Waals surface area contributed by atoms with E-state index >= 15 is 0 Å². The lowest BCUT2D eigenvalue weighted by Crippen LogP contribution is -2.31. The van der Waals surface area contributed by atoms with E-state index < -0.39 is 17.7 Å². The van der Waals surface area contributed by atoms with Gasteiger partial charge in [-0.05, 0) is 91.7 Å². The van der Waals surface area contributed by atoms with E-state index in [9.17, 15) is 28.0 Å². The molecule has 0 aliphatic carbocycles. The zero-order valence-corrected chi connectivity index (χ0v) is 39.6. The topological polar surface area (TPSA) is 114 Å². The van der Waals surface area contributed by atoms with E-state index in [-0.39, 0.29) is 30.4 Å². The molecule has 0 fully saturated rings. The number of rotatable bonds is 19. The molecule has 4 aromatic carbocycles. The normalized spacial score (nSPS) is 10.6. The Bertz CT molecular complexity index is 1670. The van der Waals surface area contributed by atoms with E-state index in [4.69, 9.17) is 4.74 Å². The van der Waals surface area contributed by atoms with Gasteiger partial charge in [-0.1, -0.05) is 137 Å². The minimum Gasteiger partial charge on any atom is -0.374 e. The molecule has 0 aromatic heterocycles. The quantitative estimate of drug-likeness (QED) is 0.0808. The fraction of sp³-hybridized carbons (Fsp3) is 0.440. The van der Waals surface area contributed by atoms with Crippen molar-refractivity contribution in [2.75, 3.05) is 20.7 Å². The van der Waals surface area contributed by atoms with Crippen molar-refractivity contribution in [2.24, 2.45) is 5.92 Å². The Morgan fingerprint density at radius 3 is 1.79 bits per heavy atom. The van der Waals surface area contributed by atoms with Crippen LogP contribution in [0.15, 0.2) is 102 Å². The van der Waals surface area contributed by atoms with Crippen molar-refractivity contribution in [3.63, 3.8) is 0 Å².